The topological polar surface area (TPSA) is 92.9 Å². The lowest BCUT2D eigenvalue weighted by molar-refractivity contribution is 0.362. The van der Waals surface area contributed by atoms with Gasteiger partial charge in [0.25, 0.3) is 0 Å². The van der Waals surface area contributed by atoms with Crippen LogP contribution in [0.15, 0.2) is 24.4 Å². The number of fused-ring (bicyclic) bond motifs is 1. The van der Waals surface area contributed by atoms with Crippen molar-refractivity contribution in [1.29, 1.82) is 0 Å². The molecule has 4 rings (SSSR count). The molecule has 1 fully saturated rings. The molecule has 1 saturated heterocycles. The number of nitrogens with one attached hydrogen (secondary N) is 1. The van der Waals surface area contributed by atoms with Crippen LogP contribution in [0.1, 0.15) is 19.8 Å². The smallest absolute Gasteiger partial charge is 0.240 e. The number of nitrogens with two attached hydrogens (primary N) is 1. The Morgan fingerprint density at radius 3 is 2.77 bits per heavy atom. The van der Waals surface area contributed by atoms with Crippen molar-refractivity contribution in [2.45, 2.75) is 25.3 Å². The van der Waals surface area contributed by atoms with Gasteiger partial charge in [0, 0.05) is 18.6 Å². The number of halogens is 2. The number of benzene rings is 1. The Balaban J connectivity index is 1.57. The SMILES string of the molecule is CC1(N)CCN(c2nc3ncc(Oc4cccc(Cl)c4Cl)nc3[nH]2)CC1. The summed E-state index contributed by atoms with van der Waals surface area (Å²) in [4.78, 5) is 18.6. The molecule has 0 spiro atoms. The quantitative estimate of drug-likeness (QED) is 0.704. The van der Waals surface area contributed by atoms with Crippen molar-refractivity contribution in [3.63, 3.8) is 0 Å². The number of piperidine rings is 1. The summed E-state index contributed by atoms with van der Waals surface area (Å²) in [6.45, 7) is 3.76. The summed E-state index contributed by atoms with van der Waals surface area (Å²) in [5.41, 5.74) is 7.16. The molecule has 1 aliphatic heterocycles. The molecule has 136 valence electrons. The predicted molar refractivity (Wildman–Crippen MR) is 102 cm³/mol. The van der Waals surface area contributed by atoms with Gasteiger partial charge in [-0.2, -0.15) is 9.97 Å². The monoisotopic (exact) mass is 392 g/mol. The van der Waals surface area contributed by atoms with Crippen LogP contribution in [-0.2, 0) is 0 Å². The molecule has 0 saturated carbocycles. The van der Waals surface area contributed by atoms with Crippen LogP contribution in [0, 0.1) is 0 Å². The molecule has 7 nitrogen and oxygen atoms in total. The van der Waals surface area contributed by atoms with Crippen molar-refractivity contribution in [3.05, 3.63) is 34.4 Å². The molecule has 1 aromatic carbocycles. The van der Waals surface area contributed by atoms with Crippen molar-refractivity contribution in [2.24, 2.45) is 5.73 Å². The number of imidazole rings is 1. The van der Waals surface area contributed by atoms with Gasteiger partial charge in [0.1, 0.15) is 10.8 Å². The molecule has 9 heteroatoms. The minimum Gasteiger partial charge on any atom is -0.436 e. The second kappa shape index (κ2) is 6.57. The van der Waals surface area contributed by atoms with Crippen molar-refractivity contribution >= 4 is 40.4 Å². The first-order valence-corrected chi connectivity index (χ1v) is 9.05. The number of H-pyrrole nitrogens is 1. The van der Waals surface area contributed by atoms with Gasteiger partial charge in [0.15, 0.2) is 11.3 Å². The summed E-state index contributed by atoms with van der Waals surface area (Å²) in [7, 11) is 0. The molecule has 0 aliphatic carbocycles. The van der Waals surface area contributed by atoms with Crippen molar-refractivity contribution in [2.75, 3.05) is 18.0 Å². The summed E-state index contributed by atoms with van der Waals surface area (Å²) >= 11 is 12.2. The summed E-state index contributed by atoms with van der Waals surface area (Å²) in [6, 6.07) is 5.17. The fourth-order valence-corrected chi connectivity index (χ4v) is 3.20. The van der Waals surface area contributed by atoms with Gasteiger partial charge in [0.2, 0.25) is 11.8 Å². The largest absolute Gasteiger partial charge is 0.436 e. The molecule has 3 aromatic rings. The fraction of sp³-hybridized carbons (Fsp3) is 0.353. The average molecular weight is 393 g/mol. The van der Waals surface area contributed by atoms with Crippen LogP contribution >= 0.6 is 23.2 Å². The van der Waals surface area contributed by atoms with E-state index in [2.05, 4.69) is 31.8 Å². The summed E-state index contributed by atoms with van der Waals surface area (Å²) < 4.78 is 5.71. The lowest BCUT2D eigenvalue weighted by atomic mass is 9.91. The molecular weight excluding hydrogens is 375 g/mol. The number of anilines is 1. The zero-order valence-electron chi connectivity index (χ0n) is 14.2. The summed E-state index contributed by atoms with van der Waals surface area (Å²) in [5.74, 6) is 1.48. The van der Waals surface area contributed by atoms with E-state index < -0.39 is 0 Å². The number of hydrogen-bond donors (Lipinski definition) is 2. The first-order valence-electron chi connectivity index (χ1n) is 8.30. The molecule has 3 heterocycles. The maximum absolute atomic E-state index is 6.19. The lowest BCUT2D eigenvalue weighted by Crippen LogP contribution is -2.48. The van der Waals surface area contributed by atoms with Crippen LogP contribution in [0.4, 0.5) is 5.95 Å². The van der Waals surface area contributed by atoms with E-state index in [1.54, 1.807) is 18.2 Å². The van der Waals surface area contributed by atoms with Gasteiger partial charge < -0.3 is 20.4 Å². The highest BCUT2D eigenvalue weighted by Crippen LogP contribution is 2.34. The summed E-state index contributed by atoms with van der Waals surface area (Å²) in [5, 5.41) is 0.749. The van der Waals surface area contributed by atoms with Gasteiger partial charge in [-0.25, -0.2) is 4.98 Å². The Labute approximate surface area is 160 Å². The van der Waals surface area contributed by atoms with Gasteiger partial charge in [0.05, 0.1) is 11.2 Å². The Hall–Kier alpha value is -2.09. The predicted octanol–water partition coefficient (Wildman–Crippen LogP) is 3.77. The molecule has 3 N–H and O–H groups in total. The zero-order valence-corrected chi connectivity index (χ0v) is 15.7. The first-order chi connectivity index (χ1) is 12.4. The van der Waals surface area contributed by atoms with Gasteiger partial charge in [-0.15, -0.1) is 0 Å². The third-order valence-electron chi connectivity index (χ3n) is 4.51. The Kier molecular flexibility index (Phi) is 4.38. The maximum Gasteiger partial charge on any atom is 0.240 e. The third kappa shape index (κ3) is 3.42. The van der Waals surface area contributed by atoms with Crippen molar-refractivity contribution in [3.8, 4) is 11.6 Å². The molecule has 0 radical (unpaired) electrons. The molecule has 0 bridgehead atoms. The summed E-state index contributed by atoms with van der Waals surface area (Å²) in [6.07, 6.45) is 3.33. The Morgan fingerprint density at radius 1 is 1.23 bits per heavy atom. The molecule has 0 amide bonds. The fourth-order valence-electron chi connectivity index (χ4n) is 2.87. The number of aromatic nitrogens is 4. The van der Waals surface area contributed by atoms with E-state index in [-0.39, 0.29) is 5.54 Å². The first kappa shape index (κ1) is 17.3. The van der Waals surface area contributed by atoms with E-state index in [0.29, 0.717) is 33.0 Å². The number of aromatic amines is 1. The van der Waals surface area contributed by atoms with Crippen LogP contribution in [0.25, 0.3) is 11.3 Å². The van der Waals surface area contributed by atoms with Crippen molar-refractivity contribution in [1.82, 2.24) is 19.9 Å². The second-order valence-corrected chi connectivity index (χ2v) is 7.52. The molecule has 0 unspecified atom stereocenters. The van der Waals surface area contributed by atoms with Gasteiger partial charge >= 0.3 is 0 Å². The highest BCUT2D eigenvalue weighted by molar-refractivity contribution is 6.42. The minimum absolute atomic E-state index is 0.115. The Bertz CT molecular complexity index is 948. The van der Waals surface area contributed by atoms with Gasteiger partial charge in [-0.3, -0.25) is 0 Å². The van der Waals surface area contributed by atoms with E-state index in [4.69, 9.17) is 33.7 Å². The molecule has 2 aromatic heterocycles. The minimum atomic E-state index is -0.115. The normalized spacial score (nSPS) is 16.8. The van der Waals surface area contributed by atoms with Crippen molar-refractivity contribution < 1.29 is 4.74 Å². The second-order valence-electron chi connectivity index (χ2n) is 6.74. The van der Waals surface area contributed by atoms with Gasteiger partial charge in [-0.05, 0) is 31.9 Å². The van der Waals surface area contributed by atoms with E-state index in [1.165, 1.54) is 6.20 Å². The highest BCUT2D eigenvalue weighted by Gasteiger charge is 2.27. The van der Waals surface area contributed by atoms with Crippen LogP contribution in [0.2, 0.25) is 10.0 Å². The standard InChI is InChI=1S/C17H18Cl2N6O/c1-17(20)5-7-25(8-6-17)16-23-14-15(24-16)22-12(9-21-14)26-11-4-2-3-10(18)13(11)19/h2-4,9H,5-8,20H2,1H3,(H,21,22,23,24). The van der Waals surface area contributed by atoms with Crippen LogP contribution < -0.4 is 15.4 Å². The van der Waals surface area contributed by atoms with Crippen LogP contribution in [-0.4, -0.2) is 38.6 Å². The molecular formula is C17H18Cl2N6O. The molecule has 26 heavy (non-hydrogen) atoms. The van der Waals surface area contributed by atoms with E-state index in [0.717, 1.165) is 31.9 Å². The Morgan fingerprint density at radius 2 is 2.00 bits per heavy atom. The zero-order chi connectivity index (χ0) is 18.3. The number of ether oxygens (including phenoxy) is 1. The van der Waals surface area contributed by atoms with E-state index in [9.17, 15) is 0 Å². The average Bonchev–Trinajstić information content (AvgIpc) is 3.02. The molecule has 0 atom stereocenters. The van der Waals surface area contributed by atoms with Gasteiger partial charge in [-0.1, -0.05) is 29.3 Å². The van der Waals surface area contributed by atoms with E-state index in [1.807, 2.05) is 0 Å². The highest BCUT2D eigenvalue weighted by atomic mass is 35.5. The van der Waals surface area contributed by atoms with Crippen LogP contribution in [0.5, 0.6) is 11.6 Å². The van der Waals surface area contributed by atoms with E-state index >= 15 is 0 Å². The number of rotatable bonds is 3. The third-order valence-corrected chi connectivity index (χ3v) is 5.31. The number of nitrogens with zero attached hydrogens (tertiary/aromatic N) is 4. The maximum atomic E-state index is 6.19. The van der Waals surface area contributed by atoms with Crippen LogP contribution in [0.3, 0.4) is 0 Å². The number of hydrogen-bond acceptors (Lipinski definition) is 6. The lowest BCUT2D eigenvalue weighted by Gasteiger charge is -2.36. The molecule has 1 aliphatic rings.